The second-order valence-corrected chi connectivity index (χ2v) is 12.1. The first kappa shape index (κ1) is 26.5. The number of fused-ring (bicyclic) bond motifs is 4. The van der Waals surface area contributed by atoms with Gasteiger partial charge in [-0.05, 0) is 59.4 Å². The Kier molecular flexibility index (Phi) is 6.34. The third-order valence-corrected chi connectivity index (χ3v) is 9.66. The summed E-state index contributed by atoms with van der Waals surface area (Å²) >= 11 is 1.44. The molecule has 44 heavy (non-hydrogen) atoms. The number of aryl methyl sites for hydroxylation is 1. The van der Waals surface area contributed by atoms with Gasteiger partial charge in [0, 0.05) is 16.5 Å². The second-order valence-electron chi connectivity index (χ2n) is 11.1. The number of rotatable bonds is 5. The minimum Gasteiger partial charge on any atom is -0.497 e. The number of H-pyrrole nitrogens is 1. The molecule has 0 saturated heterocycles. The summed E-state index contributed by atoms with van der Waals surface area (Å²) in [5.74, 6) is 1.52. The van der Waals surface area contributed by atoms with Gasteiger partial charge in [-0.2, -0.15) is 0 Å². The van der Waals surface area contributed by atoms with Gasteiger partial charge in [0.25, 0.3) is 5.56 Å². The quantitative estimate of drug-likeness (QED) is 0.248. The number of para-hydroxylation sites is 1. The number of allylic oxidation sites excluding steroid dienone is 1. The van der Waals surface area contributed by atoms with Crippen molar-refractivity contribution in [2.75, 3.05) is 14.2 Å². The first-order valence-electron chi connectivity index (χ1n) is 14.7. The smallest absolute Gasteiger partial charge is 0.271 e. The molecule has 216 valence electrons. The van der Waals surface area contributed by atoms with Crippen LogP contribution in [0.25, 0.3) is 33.9 Å². The lowest BCUT2D eigenvalue weighted by molar-refractivity contribution is 0.413. The van der Waals surface area contributed by atoms with E-state index in [9.17, 15) is 4.79 Å². The van der Waals surface area contributed by atoms with Crippen molar-refractivity contribution < 1.29 is 9.47 Å². The van der Waals surface area contributed by atoms with Crippen LogP contribution in [0.1, 0.15) is 34.7 Å². The van der Waals surface area contributed by atoms with Gasteiger partial charge in [0.15, 0.2) is 4.80 Å². The molecular formula is C37H29N3O3S. The lowest BCUT2D eigenvalue weighted by atomic mass is 9.83. The van der Waals surface area contributed by atoms with Crippen LogP contribution in [0.2, 0.25) is 0 Å². The van der Waals surface area contributed by atoms with Crippen molar-refractivity contribution in [3.63, 3.8) is 0 Å². The Labute approximate surface area is 257 Å². The first-order valence-corrected chi connectivity index (χ1v) is 15.5. The van der Waals surface area contributed by atoms with Gasteiger partial charge in [-0.1, -0.05) is 90.2 Å². The molecule has 0 fully saturated rings. The van der Waals surface area contributed by atoms with Gasteiger partial charge in [0.1, 0.15) is 11.5 Å². The first-order chi connectivity index (χ1) is 21.6. The maximum absolute atomic E-state index is 14.5. The van der Waals surface area contributed by atoms with Crippen molar-refractivity contribution in [1.29, 1.82) is 0 Å². The van der Waals surface area contributed by atoms with Crippen LogP contribution < -0.4 is 24.4 Å². The molecule has 0 radical (unpaired) electrons. The topological polar surface area (TPSA) is 68.6 Å². The minimum atomic E-state index is -0.275. The number of methoxy groups -OCH3 is 2. The van der Waals surface area contributed by atoms with Gasteiger partial charge in [0.05, 0.1) is 41.7 Å². The number of nitrogens with one attached hydrogen (secondary N) is 1. The summed E-state index contributed by atoms with van der Waals surface area (Å²) in [5.41, 5.74) is 9.36. The molecule has 6 nitrogen and oxygen atoms in total. The number of ether oxygens (including phenoxy) is 2. The molecule has 1 atom stereocenters. The van der Waals surface area contributed by atoms with E-state index in [4.69, 9.17) is 14.5 Å². The van der Waals surface area contributed by atoms with E-state index >= 15 is 0 Å². The standard InChI is InChI=1S/C37H29N3O3S/c1-42-25-14-8-13-24(20-25)35-28-19-18-22-10-6-7-15-26(22)33(28)39-37-40(35)36(41)31(44-37)21-29-27-16-9-17-30(43-2)34(27)38-32(29)23-11-4-3-5-12-23/h3-17,20-21,35,38H,18-19H2,1-2H3/b31-21+/t35-/m1/s1. The molecule has 1 aliphatic heterocycles. The van der Waals surface area contributed by atoms with Crippen molar-refractivity contribution in [2.45, 2.75) is 18.9 Å². The van der Waals surface area contributed by atoms with Crippen molar-refractivity contribution in [2.24, 2.45) is 4.99 Å². The van der Waals surface area contributed by atoms with Crippen LogP contribution in [-0.2, 0) is 6.42 Å². The van der Waals surface area contributed by atoms with Gasteiger partial charge < -0.3 is 14.5 Å². The van der Waals surface area contributed by atoms with E-state index in [-0.39, 0.29) is 11.6 Å². The number of thiazole rings is 1. The summed E-state index contributed by atoms with van der Waals surface area (Å²) in [6.07, 6.45) is 3.76. The molecule has 0 unspecified atom stereocenters. The van der Waals surface area contributed by atoms with Crippen LogP contribution in [0.5, 0.6) is 11.5 Å². The van der Waals surface area contributed by atoms with Crippen LogP contribution >= 0.6 is 11.3 Å². The number of hydrogen-bond acceptors (Lipinski definition) is 5. The molecular weight excluding hydrogens is 566 g/mol. The number of aromatic amines is 1. The maximum Gasteiger partial charge on any atom is 0.271 e. The van der Waals surface area contributed by atoms with Crippen molar-refractivity contribution in [1.82, 2.24) is 9.55 Å². The molecule has 2 aliphatic rings. The molecule has 4 aromatic carbocycles. The van der Waals surface area contributed by atoms with E-state index in [2.05, 4.69) is 53.5 Å². The lowest BCUT2D eigenvalue weighted by Gasteiger charge is -2.31. The van der Waals surface area contributed by atoms with Crippen LogP contribution in [0.15, 0.2) is 112 Å². The van der Waals surface area contributed by atoms with Gasteiger partial charge in [0.2, 0.25) is 0 Å². The molecule has 6 aromatic rings. The van der Waals surface area contributed by atoms with Crippen molar-refractivity contribution in [3.8, 4) is 22.8 Å². The summed E-state index contributed by atoms with van der Waals surface area (Å²) in [7, 11) is 3.35. The normalized spacial score (nSPS) is 15.9. The summed E-state index contributed by atoms with van der Waals surface area (Å²) in [4.78, 5) is 24.0. The molecule has 1 N–H and O–H groups in total. The number of nitrogens with zero attached hydrogens (tertiary/aromatic N) is 2. The Bertz CT molecular complexity index is 2290. The number of aromatic nitrogens is 2. The Hall–Kier alpha value is -5.14. The molecule has 0 spiro atoms. The third kappa shape index (κ3) is 4.15. The van der Waals surface area contributed by atoms with E-state index in [1.807, 2.05) is 59.2 Å². The fraction of sp³-hybridized carbons (Fsp3) is 0.135. The minimum absolute atomic E-state index is 0.0526. The highest BCUT2D eigenvalue weighted by atomic mass is 32.1. The highest BCUT2D eigenvalue weighted by Crippen LogP contribution is 2.42. The van der Waals surface area contributed by atoms with Gasteiger partial charge >= 0.3 is 0 Å². The van der Waals surface area contributed by atoms with E-state index in [1.165, 1.54) is 16.9 Å². The van der Waals surface area contributed by atoms with E-state index in [0.717, 1.165) is 74.5 Å². The van der Waals surface area contributed by atoms with E-state index in [1.54, 1.807) is 14.2 Å². The van der Waals surface area contributed by atoms with Crippen LogP contribution in [0.3, 0.4) is 0 Å². The predicted molar refractivity (Wildman–Crippen MR) is 176 cm³/mol. The summed E-state index contributed by atoms with van der Waals surface area (Å²) in [5, 5.41) is 0.992. The Morgan fingerprint density at radius 3 is 2.57 bits per heavy atom. The van der Waals surface area contributed by atoms with Crippen LogP contribution in [0.4, 0.5) is 0 Å². The molecule has 2 aromatic heterocycles. The molecule has 0 bridgehead atoms. The molecule has 1 aliphatic carbocycles. The van der Waals surface area contributed by atoms with Gasteiger partial charge in [-0.25, -0.2) is 4.99 Å². The van der Waals surface area contributed by atoms with Crippen LogP contribution in [0, 0.1) is 0 Å². The molecule has 0 amide bonds. The summed E-state index contributed by atoms with van der Waals surface area (Å²) < 4.78 is 13.8. The Morgan fingerprint density at radius 2 is 1.73 bits per heavy atom. The van der Waals surface area contributed by atoms with Crippen LogP contribution in [-0.4, -0.2) is 23.8 Å². The Balaban J connectivity index is 1.41. The molecule has 0 saturated carbocycles. The summed E-state index contributed by atoms with van der Waals surface area (Å²) in [6, 6.07) is 32.4. The zero-order valence-corrected chi connectivity index (χ0v) is 25.2. The molecule has 8 rings (SSSR count). The predicted octanol–water partition coefficient (Wildman–Crippen LogP) is 6.48. The van der Waals surface area contributed by atoms with Gasteiger partial charge in [-0.15, -0.1) is 0 Å². The number of benzene rings is 4. The average molecular weight is 596 g/mol. The second kappa shape index (κ2) is 10.5. The summed E-state index contributed by atoms with van der Waals surface area (Å²) in [6.45, 7) is 0. The highest BCUT2D eigenvalue weighted by Gasteiger charge is 2.33. The maximum atomic E-state index is 14.5. The van der Waals surface area contributed by atoms with Crippen molar-refractivity contribution >= 4 is 34.0 Å². The van der Waals surface area contributed by atoms with Gasteiger partial charge in [-0.3, -0.25) is 9.36 Å². The fourth-order valence-corrected chi connectivity index (χ4v) is 7.61. The zero-order valence-electron chi connectivity index (χ0n) is 24.3. The molecule has 7 heteroatoms. The largest absolute Gasteiger partial charge is 0.497 e. The number of hydrogen-bond donors (Lipinski definition) is 1. The SMILES string of the molecule is COc1cccc([C@@H]2C3=C(N=c4s/c(=C/c5c(-c6ccccc6)[nH]c6c(OC)cccc56)c(=O)n42)c2ccccc2CC3)c1. The third-order valence-electron chi connectivity index (χ3n) is 8.68. The van der Waals surface area contributed by atoms with Crippen molar-refractivity contribution in [3.05, 3.63) is 145 Å². The Morgan fingerprint density at radius 1 is 0.909 bits per heavy atom. The highest BCUT2D eigenvalue weighted by molar-refractivity contribution is 7.07. The lowest BCUT2D eigenvalue weighted by Crippen LogP contribution is -2.38. The molecule has 3 heterocycles. The average Bonchev–Trinajstić information content (AvgIpc) is 3.60. The van der Waals surface area contributed by atoms with E-state index in [0.29, 0.717) is 9.33 Å². The zero-order chi connectivity index (χ0) is 29.8. The monoisotopic (exact) mass is 595 g/mol. The fourth-order valence-electron chi connectivity index (χ4n) is 6.63. The van der Waals surface area contributed by atoms with E-state index < -0.39 is 0 Å².